The van der Waals surface area contributed by atoms with Gasteiger partial charge in [-0.05, 0) is 0 Å². The first-order valence-electron chi connectivity index (χ1n) is 3.48. The number of hydrogen-bond donors (Lipinski definition) is 6. The van der Waals surface area contributed by atoms with Crippen LogP contribution in [0, 0.1) is 0 Å². The third-order valence-electron chi connectivity index (χ3n) is 1.51. The van der Waals surface area contributed by atoms with Gasteiger partial charge in [-0.3, -0.25) is 0 Å². The predicted molar refractivity (Wildman–Crippen MR) is 38.2 cm³/mol. The van der Waals surface area contributed by atoms with Crippen molar-refractivity contribution in [1.29, 1.82) is 0 Å². The van der Waals surface area contributed by atoms with Gasteiger partial charge < -0.3 is 30.6 Å². The van der Waals surface area contributed by atoms with Crippen LogP contribution in [-0.2, 0) is 0 Å². The van der Waals surface area contributed by atoms with Crippen molar-refractivity contribution < 1.29 is 30.6 Å². The topological polar surface area (TPSA) is 121 Å². The van der Waals surface area contributed by atoms with Crippen LogP contribution in [0.2, 0.25) is 0 Å². The van der Waals surface area contributed by atoms with Crippen molar-refractivity contribution in [3.63, 3.8) is 0 Å². The summed E-state index contributed by atoms with van der Waals surface area (Å²) >= 11 is 0. The minimum Gasteiger partial charge on any atom is -0.394 e. The summed E-state index contributed by atoms with van der Waals surface area (Å²) in [5.74, 6) is 0. The molecule has 0 aliphatic carbocycles. The van der Waals surface area contributed by atoms with E-state index in [0.29, 0.717) is 0 Å². The molecule has 0 spiro atoms. The Kier molecular flexibility index (Phi) is 5.31. The highest BCUT2D eigenvalue weighted by atomic mass is 16.6. The van der Waals surface area contributed by atoms with E-state index in [1.54, 1.807) is 0 Å². The van der Waals surface area contributed by atoms with Gasteiger partial charge in [0.1, 0.15) is 24.4 Å². The second-order valence-corrected chi connectivity index (χ2v) is 2.48. The van der Waals surface area contributed by atoms with E-state index in [0.717, 1.165) is 0 Å². The molecule has 0 heterocycles. The second-order valence-electron chi connectivity index (χ2n) is 2.48. The molecule has 0 aromatic heterocycles. The van der Waals surface area contributed by atoms with Gasteiger partial charge in [0.2, 0.25) is 0 Å². The molecule has 6 heteroatoms. The highest BCUT2D eigenvalue weighted by Gasteiger charge is 2.29. The van der Waals surface area contributed by atoms with Gasteiger partial charge in [0.05, 0.1) is 13.2 Å². The Morgan fingerprint density at radius 2 is 0.917 bits per heavy atom. The van der Waals surface area contributed by atoms with Crippen LogP contribution in [0.3, 0.4) is 0 Å². The SMILES string of the molecule is O[13CH2][13C@@H](O)[13C@H](O)[13C@@H](O)[13C@H](O)[13CH2]O. The van der Waals surface area contributed by atoms with Crippen molar-refractivity contribution >= 4 is 0 Å². The number of aliphatic hydroxyl groups excluding tert-OH is 6. The van der Waals surface area contributed by atoms with Crippen LogP contribution in [0.4, 0.5) is 0 Å². The molecule has 0 bridgehead atoms. The van der Waals surface area contributed by atoms with Gasteiger partial charge in [0.15, 0.2) is 0 Å². The minimum atomic E-state index is -1.67. The molecule has 6 N–H and O–H groups in total. The quantitative estimate of drug-likeness (QED) is 0.248. The predicted octanol–water partition coefficient (Wildman–Crippen LogP) is -3.59. The van der Waals surface area contributed by atoms with E-state index in [-0.39, 0.29) is 0 Å². The molecule has 0 aliphatic heterocycles. The smallest absolute Gasteiger partial charge is 0.111 e. The molecule has 0 rings (SSSR count). The van der Waals surface area contributed by atoms with Crippen molar-refractivity contribution in [2.45, 2.75) is 24.4 Å². The Labute approximate surface area is 69.3 Å². The lowest BCUT2D eigenvalue weighted by atomic mass is 11.0. The average Bonchev–Trinajstić information content (AvgIpc) is 2.12. The van der Waals surface area contributed by atoms with E-state index in [1.807, 2.05) is 0 Å². The summed E-state index contributed by atoms with van der Waals surface area (Å²) in [6.45, 7) is -1.45. The molecule has 0 aromatic rings. The number of rotatable bonds is 5. The molecule has 0 aliphatic rings. The lowest BCUT2D eigenvalue weighted by Crippen LogP contribution is -2.46. The molecular formula is C6H14O6. The first kappa shape index (κ1) is 11.8. The fourth-order valence-corrected chi connectivity index (χ4v) is 0.671. The zero-order chi connectivity index (χ0) is 9.72. The van der Waals surface area contributed by atoms with E-state index in [1.165, 1.54) is 0 Å². The van der Waals surface area contributed by atoms with Crippen molar-refractivity contribution in [3.8, 4) is 0 Å². The zero-order valence-electron chi connectivity index (χ0n) is 6.41. The summed E-state index contributed by atoms with van der Waals surface area (Å²) in [5.41, 5.74) is 0. The highest BCUT2D eigenvalue weighted by Crippen LogP contribution is 2.03. The van der Waals surface area contributed by atoms with E-state index in [9.17, 15) is 0 Å². The van der Waals surface area contributed by atoms with E-state index >= 15 is 0 Å². The average molecular weight is 188 g/mol. The van der Waals surface area contributed by atoms with Gasteiger partial charge >= 0.3 is 0 Å². The standard InChI is InChI=1S/C6H14O6/c7-1-3(9)5(11)6(12)4(10)2-8/h3-12H,1-2H2/t3-,4-,5+,6+/m1/s1/i1+1,2+1,3+1,4+1,5+1,6+1. The lowest BCUT2D eigenvalue weighted by Gasteiger charge is -2.24. The Morgan fingerprint density at radius 3 is 1.08 bits per heavy atom. The first-order valence-corrected chi connectivity index (χ1v) is 3.48. The summed E-state index contributed by atoms with van der Waals surface area (Å²) in [7, 11) is 0. The number of aliphatic hydroxyl groups is 6. The van der Waals surface area contributed by atoms with Gasteiger partial charge in [0.25, 0.3) is 0 Å². The molecule has 0 radical (unpaired) electrons. The van der Waals surface area contributed by atoms with Crippen molar-refractivity contribution in [1.82, 2.24) is 0 Å². The summed E-state index contributed by atoms with van der Waals surface area (Å²) < 4.78 is 0. The molecule has 0 saturated carbocycles. The fraction of sp³-hybridized carbons (Fsp3) is 1.00. The Balaban J connectivity index is 3.99. The van der Waals surface area contributed by atoms with Gasteiger partial charge in [-0.1, -0.05) is 0 Å². The molecule has 0 fully saturated rings. The van der Waals surface area contributed by atoms with Crippen LogP contribution in [0.5, 0.6) is 0 Å². The molecular weight excluding hydrogens is 174 g/mol. The van der Waals surface area contributed by atoms with Gasteiger partial charge in [-0.2, -0.15) is 0 Å². The van der Waals surface area contributed by atoms with Gasteiger partial charge in [-0.25, -0.2) is 0 Å². The molecule has 0 saturated heterocycles. The molecule has 74 valence electrons. The normalized spacial score (nSPS) is 21.5. The fourth-order valence-electron chi connectivity index (χ4n) is 0.671. The summed E-state index contributed by atoms with van der Waals surface area (Å²) in [6.07, 6.45) is -6.39. The van der Waals surface area contributed by atoms with E-state index in [2.05, 4.69) is 0 Å². The van der Waals surface area contributed by atoms with Crippen molar-refractivity contribution in [2.75, 3.05) is 13.2 Å². The minimum absolute atomic E-state index is 0.726. The van der Waals surface area contributed by atoms with Crippen LogP contribution < -0.4 is 0 Å². The maximum Gasteiger partial charge on any atom is 0.111 e. The van der Waals surface area contributed by atoms with E-state index < -0.39 is 37.6 Å². The third kappa shape index (κ3) is 3.02. The third-order valence-corrected chi connectivity index (χ3v) is 1.51. The monoisotopic (exact) mass is 188 g/mol. The van der Waals surface area contributed by atoms with Crippen LogP contribution in [0.15, 0.2) is 0 Å². The molecule has 12 heavy (non-hydrogen) atoms. The Bertz CT molecular complexity index is 105. The maximum atomic E-state index is 8.96. The largest absolute Gasteiger partial charge is 0.394 e. The summed E-state index contributed by atoms with van der Waals surface area (Å²) in [6, 6.07) is 0. The van der Waals surface area contributed by atoms with Crippen molar-refractivity contribution in [2.24, 2.45) is 0 Å². The van der Waals surface area contributed by atoms with Crippen LogP contribution in [0.25, 0.3) is 0 Å². The Hall–Kier alpha value is -0.240. The van der Waals surface area contributed by atoms with Gasteiger partial charge in [-0.15, -0.1) is 0 Å². The molecule has 4 atom stereocenters. The molecule has 0 unspecified atom stereocenters. The lowest BCUT2D eigenvalue weighted by molar-refractivity contribution is -0.123. The molecule has 6 nitrogen and oxygen atoms in total. The van der Waals surface area contributed by atoms with Gasteiger partial charge in [0, 0.05) is 0 Å². The second kappa shape index (κ2) is 5.41. The number of hydrogen-bond acceptors (Lipinski definition) is 6. The zero-order valence-corrected chi connectivity index (χ0v) is 6.41. The maximum absolute atomic E-state index is 8.96. The van der Waals surface area contributed by atoms with Crippen LogP contribution in [-0.4, -0.2) is 68.3 Å². The molecule has 0 amide bonds. The van der Waals surface area contributed by atoms with E-state index in [4.69, 9.17) is 30.6 Å². The highest BCUT2D eigenvalue weighted by molar-refractivity contribution is 4.79. The Morgan fingerprint density at radius 1 is 0.667 bits per heavy atom. The van der Waals surface area contributed by atoms with Crippen molar-refractivity contribution in [3.05, 3.63) is 0 Å². The summed E-state index contributed by atoms with van der Waals surface area (Å²) in [4.78, 5) is 0. The van der Waals surface area contributed by atoms with Crippen LogP contribution in [0.1, 0.15) is 0 Å². The summed E-state index contributed by atoms with van der Waals surface area (Å²) in [5, 5.41) is 52.2. The molecule has 0 aromatic carbocycles. The van der Waals surface area contributed by atoms with Crippen LogP contribution >= 0.6 is 0 Å². The first-order chi connectivity index (χ1) is 5.54.